The molecule has 0 radical (unpaired) electrons. The molecule has 0 spiro atoms. The van der Waals surface area contributed by atoms with Crippen molar-refractivity contribution in [2.24, 2.45) is 0 Å². The largest absolute Gasteiger partial charge is 0.380 e. The minimum absolute atomic E-state index is 0.250. The Morgan fingerprint density at radius 3 is 2.88 bits per heavy atom. The van der Waals surface area contributed by atoms with Crippen molar-refractivity contribution in [3.05, 3.63) is 0 Å². The van der Waals surface area contributed by atoms with Crippen LogP contribution in [0.1, 0.15) is 12.8 Å². The molecule has 5 heteroatoms. The lowest BCUT2D eigenvalue weighted by Crippen LogP contribution is -2.51. The Balaban J connectivity index is 1.76. The standard InChI is InChI=1S/C12H23N3O2/c1-14(11-3-2-8-17-10-11)9-12(16)15-6-4-13-5-7-15/h11,13H,2-10H2,1H3. The van der Waals surface area contributed by atoms with E-state index in [9.17, 15) is 4.79 Å². The van der Waals surface area contributed by atoms with Gasteiger partial charge in [-0.15, -0.1) is 0 Å². The lowest BCUT2D eigenvalue weighted by atomic mass is 10.1. The molecule has 5 nitrogen and oxygen atoms in total. The summed E-state index contributed by atoms with van der Waals surface area (Å²) in [7, 11) is 2.03. The van der Waals surface area contributed by atoms with Crippen molar-refractivity contribution in [2.45, 2.75) is 18.9 Å². The number of rotatable bonds is 3. The van der Waals surface area contributed by atoms with Crippen molar-refractivity contribution in [3.8, 4) is 0 Å². The topological polar surface area (TPSA) is 44.8 Å². The summed E-state index contributed by atoms with van der Waals surface area (Å²) in [5.41, 5.74) is 0. The van der Waals surface area contributed by atoms with E-state index >= 15 is 0 Å². The van der Waals surface area contributed by atoms with Crippen molar-refractivity contribution in [1.82, 2.24) is 15.1 Å². The molecule has 0 bridgehead atoms. The van der Waals surface area contributed by atoms with E-state index in [0.29, 0.717) is 12.6 Å². The van der Waals surface area contributed by atoms with Gasteiger partial charge in [-0.05, 0) is 19.9 Å². The van der Waals surface area contributed by atoms with Gasteiger partial charge in [-0.2, -0.15) is 0 Å². The molecule has 17 heavy (non-hydrogen) atoms. The predicted molar refractivity (Wildman–Crippen MR) is 65.9 cm³/mol. The second-order valence-electron chi connectivity index (χ2n) is 4.92. The summed E-state index contributed by atoms with van der Waals surface area (Å²) >= 11 is 0. The van der Waals surface area contributed by atoms with Gasteiger partial charge in [-0.1, -0.05) is 0 Å². The highest BCUT2D eigenvalue weighted by Gasteiger charge is 2.23. The summed E-state index contributed by atoms with van der Waals surface area (Å²) in [6, 6.07) is 0.413. The number of hydrogen-bond donors (Lipinski definition) is 1. The number of piperazine rings is 1. The molecule has 0 aromatic heterocycles. The molecule has 2 heterocycles. The third-order valence-electron chi connectivity index (χ3n) is 3.61. The molecule has 1 amide bonds. The molecule has 2 aliphatic heterocycles. The van der Waals surface area contributed by atoms with Crippen LogP contribution in [-0.4, -0.2) is 74.7 Å². The Bertz CT molecular complexity index is 248. The summed E-state index contributed by atoms with van der Waals surface area (Å²) in [4.78, 5) is 16.2. The van der Waals surface area contributed by atoms with E-state index in [0.717, 1.165) is 52.2 Å². The molecule has 2 fully saturated rings. The average molecular weight is 241 g/mol. The van der Waals surface area contributed by atoms with Crippen LogP contribution in [0.25, 0.3) is 0 Å². The van der Waals surface area contributed by atoms with Crippen LogP contribution in [0.15, 0.2) is 0 Å². The summed E-state index contributed by atoms with van der Waals surface area (Å²) in [6.45, 7) is 5.68. The molecule has 0 aromatic rings. The van der Waals surface area contributed by atoms with Crippen LogP contribution in [-0.2, 0) is 9.53 Å². The van der Waals surface area contributed by atoms with E-state index < -0.39 is 0 Å². The summed E-state index contributed by atoms with van der Waals surface area (Å²) in [5.74, 6) is 0.250. The molecule has 2 saturated heterocycles. The van der Waals surface area contributed by atoms with Gasteiger partial charge >= 0.3 is 0 Å². The van der Waals surface area contributed by atoms with Crippen LogP contribution < -0.4 is 5.32 Å². The molecule has 0 aromatic carbocycles. The lowest BCUT2D eigenvalue weighted by molar-refractivity contribution is -0.133. The first-order chi connectivity index (χ1) is 8.27. The number of hydrogen-bond acceptors (Lipinski definition) is 4. The first kappa shape index (κ1) is 12.8. The fourth-order valence-electron chi connectivity index (χ4n) is 2.43. The minimum Gasteiger partial charge on any atom is -0.380 e. The Kier molecular flexibility index (Phi) is 4.76. The number of nitrogens with zero attached hydrogens (tertiary/aromatic N) is 2. The lowest BCUT2D eigenvalue weighted by Gasteiger charge is -2.33. The van der Waals surface area contributed by atoms with Gasteiger partial charge in [0.2, 0.25) is 5.91 Å². The predicted octanol–water partition coefficient (Wildman–Crippen LogP) is -0.471. The van der Waals surface area contributed by atoms with E-state index in [1.807, 2.05) is 11.9 Å². The van der Waals surface area contributed by atoms with Crippen LogP contribution in [0.4, 0.5) is 0 Å². The molecule has 1 unspecified atom stereocenters. The minimum atomic E-state index is 0.250. The van der Waals surface area contributed by atoms with Gasteiger partial charge < -0.3 is 15.0 Å². The van der Waals surface area contributed by atoms with Crippen LogP contribution in [0.2, 0.25) is 0 Å². The quantitative estimate of drug-likeness (QED) is 0.725. The molecule has 1 atom stereocenters. The van der Waals surface area contributed by atoms with E-state index in [1.165, 1.54) is 0 Å². The Morgan fingerprint density at radius 1 is 1.47 bits per heavy atom. The average Bonchev–Trinajstić information content (AvgIpc) is 2.40. The first-order valence-electron chi connectivity index (χ1n) is 6.54. The zero-order valence-corrected chi connectivity index (χ0v) is 10.7. The van der Waals surface area contributed by atoms with Crippen LogP contribution in [0.3, 0.4) is 0 Å². The van der Waals surface area contributed by atoms with E-state index in [-0.39, 0.29) is 5.91 Å². The monoisotopic (exact) mass is 241 g/mol. The van der Waals surface area contributed by atoms with E-state index in [4.69, 9.17) is 4.74 Å². The van der Waals surface area contributed by atoms with Crippen LogP contribution >= 0.6 is 0 Å². The third kappa shape index (κ3) is 3.66. The maximum Gasteiger partial charge on any atom is 0.236 e. The van der Waals surface area contributed by atoms with Gasteiger partial charge in [0.05, 0.1) is 13.2 Å². The maximum atomic E-state index is 12.1. The highest BCUT2D eigenvalue weighted by Crippen LogP contribution is 2.11. The molecule has 2 rings (SSSR count). The number of carbonyl (C=O) groups excluding carboxylic acids is 1. The molecule has 0 aliphatic carbocycles. The zero-order chi connectivity index (χ0) is 12.1. The van der Waals surface area contributed by atoms with Crippen molar-refractivity contribution in [1.29, 1.82) is 0 Å². The molecule has 1 N–H and O–H groups in total. The molecule has 98 valence electrons. The second-order valence-corrected chi connectivity index (χ2v) is 4.92. The highest BCUT2D eigenvalue weighted by molar-refractivity contribution is 5.78. The van der Waals surface area contributed by atoms with Crippen molar-refractivity contribution < 1.29 is 9.53 Å². The Hall–Kier alpha value is -0.650. The molecular weight excluding hydrogens is 218 g/mol. The summed E-state index contributed by atoms with van der Waals surface area (Å²) in [5, 5.41) is 3.26. The first-order valence-corrected chi connectivity index (χ1v) is 6.54. The summed E-state index contributed by atoms with van der Waals surface area (Å²) in [6.07, 6.45) is 2.25. The molecule has 2 aliphatic rings. The maximum absolute atomic E-state index is 12.1. The Morgan fingerprint density at radius 2 is 2.24 bits per heavy atom. The SMILES string of the molecule is CN(CC(=O)N1CCNCC1)C1CCCOC1. The van der Waals surface area contributed by atoms with Crippen molar-refractivity contribution in [2.75, 3.05) is 53.0 Å². The number of likely N-dealkylation sites (N-methyl/N-ethyl adjacent to an activating group) is 1. The van der Waals surface area contributed by atoms with Gasteiger partial charge in [0.15, 0.2) is 0 Å². The summed E-state index contributed by atoms with van der Waals surface area (Å²) < 4.78 is 5.45. The van der Waals surface area contributed by atoms with E-state index in [1.54, 1.807) is 0 Å². The van der Waals surface area contributed by atoms with Gasteiger partial charge in [0.1, 0.15) is 0 Å². The Labute approximate surface area is 103 Å². The van der Waals surface area contributed by atoms with Gasteiger partial charge in [0.25, 0.3) is 0 Å². The van der Waals surface area contributed by atoms with Gasteiger partial charge in [-0.25, -0.2) is 0 Å². The van der Waals surface area contributed by atoms with Crippen LogP contribution in [0.5, 0.6) is 0 Å². The number of ether oxygens (including phenoxy) is 1. The zero-order valence-electron chi connectivity index (χ0n) is 10.7. The number of carbonyl (C=O) groups is 1. The van der Waals surface area contributed by atoms with Crippen LogP contribution in [0, 0.1) is 0 Å². The number of amides is 1. The van der Waals surface area contributed by atoms with E-state index in [2.05, 4.69) is 10.2 Å². The molecule has 0 saturated carbocycles. The molecular formula is C12H23N3O2. The second kappa shape index (κ2) is 6.33. The highest BCUT2D eigenvalue weighted by atomic mass is 16.5. The van der Waals surface area contributed by atoms with Crippen molar-refractivity contribution >= 4 is 5.91 Å². The van der Waals surface area contributed by atoms with Gasteiger partial charge in [0, 0.05) is 38.8 Å². The fraction of sp³-hybridized carbons (Fsp3) is 0.917. The number of nitrogens with one attached hydrogen (secondary N) is 1. The smallest absolute Gasteiger partial charge is 0.236 e. The fourth-order valence-corrected chi connectivity index (χ4v) is 2.43. The third-order valence-corrected chi connectivity index (χ3v) is 3.61. The van der Waals surface area contributed by atoms with Crippen molar-refractivity contribution in [3.63, 3.8) is 0 Å². The normalized spacial score (nSPS) is 26.2. The van der Waals surface area contributed by atoms with Gasteiger partial charge in [-0.3, -0.25) is 9.69 Å².